The molecule has 17 heteroatoms. The summed E-state index contributed by atoms with van der Waals surface area (Å²) in [6.45, 7) is 7.70. The molecule has 4 atom stereocenters. The lowest BCUT2D eigenvalue weighted by atomic mass is 9.90. The molecule has 0 saturated carbocycles. The Hall–Kier alpha value is -2.91. The molecule has 0 spiro atoms. The first kappa shape index (κ1) is 33.3. The van der Waals surface area contributed by atoms with E-state index < -0.39 is 97.3 Å². The number of halogens is 1. The molecule has 40 heavy (non-hydrogen) atoms. The van der Waals surface area contributed by atoms with Gasteiger partial charge in [-0.15, -0.1) is 0 Å². The standard InChI is InChI=1S/C23H34FN2O13P/c1-12(27)38-16-13(9-35-18(29)21(2,3)4)23(11-36-19(30)22(5,6)7,39-15(16)10-37-40(32,33)34)26-8-14(24)17(28)25-20(26)31/h8,13,15-16H,9-11H2,1-7H3,(H,25,28,31)(H2,32,33,34)/t13-,15-,16+,23-/m1/s1. The van der Waals surface area contributed by atoms with Gasteiger partial charge in [0, 0.05) is 6.92 Å². The van der Waals surface area contributed by atoms with Gasteiger partial charge in [0.05, 0.1) is 29.6 Å². The zero-order valence-corrected chi connectivity index (χ0v) is 24.0. The van der Waals surface area contributed by atoms with Crippen LogP contribution in [0.15, 0.2) is 15.8 Å². The van der Waals surface area contributed by atoms with Gasteiger partial charge in [-0.25, -0.2) is 9.36 Å². The molecule has 15 nitrogen and oxygen atoms in total. The number of hydrogen-bond acceptors (Lipinski definition) is 11. The van der Waals surface area contributed by atoms with Crippen molar-refractivity contribution in [2.45, 2.75) is 66.4 Å². The van der Waals surface area contributed by atoms with Gasteiger partial charge in [-0.3, -0.25) is 33.3 Å². The van der Waals surface area contributed by atoms with E-state index in [0.29, 0.717) is 10.8 Å². The number of H-pyrrole nitrogens is 1. The number of phosphoric acid groups is 1. The minimum Gasteiger partial charge on any atom is -0.465 e. The van der Waals surface area contributed by atoms with Crippen molar-refractivity contribution < 1.29 is 56.6 Å². The van der Waals surface area contributed by atoms with Gasteiger partial charge in [0.15, 0.2) is 5.72 Å². The summed E-state index contributed by atoms with van der Waals surface area (Å²) in [4.78, 5) is 82.4. The second-order valence-electron chi connectivity index (χ2n) is 11.2. The van der Waals surface area contributed by atoms with Crippen LogP contribution in [-0.4, -0.2) is 69.3 Å². The minimum absolute atomic E-state index is 0.460. The molecule has 2 heterocycles. The predicted octanol–water partition coefficient (Wildman–Crippen LogP) is 0.563. The van der Waals surface area contributed by atoms with Crippen LogP contribution in [0.2, 0.25) is 0 Å². The molecular formula is C23H34FN2O13P. The number of carbonyl (C=O) groups excluding carboxylic acids is 3. The van der Waals surface area contributed by atoms with Crippen LogP contribution in [0.5, 0.6) is 0 Å². The van der Waals surface area contributed by atoms with Gasteiger partial charge in [-0.1, -0.05) is 0 Å². The molecule has 1 aromatic rings. The maximum atomic E-state index is 14.5. The number of aromatic nitrogens is 2. The predicted molar refractivity (Wildman–Crippen MR) is 132 cm³/mol. The van der Waals surface area contributed by atoms with E-state index in [1.165, 1.54) is 20.8 Å². The van der Waals surface area contributed by atoms with Gasteiger partial charge in [0.25, 0.3) is 5.56 Å². The van der Waals surface area contributed by atoms with E-state index in [9.17, 15) is 42.7 Å². The number of ether oxygens (including phenoxy) is 4. The van der Waals surface area contributed by atoms with Gasteiger partial charge in [0.1, 0.15) is 25.4 Å². The van der Waals surface area contributed by atoms with Gasteiger partial charge >= 0.3 is 31.4 Å². The average Bonchev–Trinajstić information content (AvgIpc) is 3.07. The molecule has 0 amide bonds. The van der Waals surface area contributed by atoms with Gasteiger partial charge in [0.2, 0.25) is 5.82 Å². The highest BCUT2D eigenvalue weighted by atomic mass is 31.2. The average molecular weight is 596 g/mol. The number of rotatable bonds is 9. The SMILES string of the molecule is CC(=O)O[C@H]1[C@@H](COC(=O)C(C)(C)C)[C@](COC(=O)C(C)(C)C)(n2cc(F)c(=O)[nH]c2=O)O[C@@H]1COP(=O)(O)O. The van der Waals surface area contributed by atoms with Crippen LogP contribution < -0.4 is 11.2 Å². The molecule has 226 valence electrons. The van der Waals surface area contributed by atoms with Crippen LogP contribution >= 0.6 is 7.82 Å². The molecule has 0 radical (unpaired) electrons. The van der Waals surface area contributed by atoms with E-state index in [1.807, 2.05) is 0 Å². The molecule has 0 aliphatic carbocycles. The molecule has 0 bridgehead atoms. The van der Waals surface area contributed by atoms with E-state index in [-0.39, 0.29) is 0 Å². The molecule has 3 N–H and O–H groups in total. The van der Waals surface area contributed by atoms with Crippen molar-refractivity contribution >= 4 is 25.7 Å². The Morgan fingerprint density at radius 1 is 1.07 bits per heavy atom. The summed E-state index contributed by atoms with van der Waals surface area (Å²) >= 11 is 0. The highest BCUT2D eigenvalue weighted by Gasteiger charge is 2.60. The summed E-state index contributed by atoms with van der Waals surface area (Å²) in [6, 6.07) is 0. The number of phosphoric ester groups is 1. The molecule has 1 aliphatic heterocycles. The fourth-order valence-corrected chi connectivity index (χ4v) is 4.09. The molecular weight excluding hydrogens is 562 g/mol. The second kappa shape index (κ2) is 11.9. The summed E-state index contributed by atoms with van der Waals surface area (Å²) < 4.78 is 53.2. The third-order valence-corrected chi connectivity index (χ3v) is 6.23. The molecule has 2 rings (SSSR count). The summed E-state index contributed by atoms with van der Waals surface area (Å²) in [5.74, 6) is -5.38. The van der Waals surface area contributed by atoms with Crippen molar-refractivity contribution in [3.05, 3.63) is 32.9 Å². The Bertz CT molecular complexity index is 1290. The highest BCUT2D eigenvalue weighted by Crippen LogP contribution is 2.45. The number of hydrogen-bond donors (Lipinski definition) is 3. The Balaban J connectivity index is 2.80. The number of carbonyl (C=O) groups is 3. The van der Waals surface area contributed by atoms with E-state index in [0.717, 1.165) is 6.92 Å². The van der Waals surface area contributed by atoms with Crippen LogP contribution in [0, 0.1) is 22.6 Å². The van der Waals surface area contributed by atoms with Crippen LogP contribution in [0.25, 0.3) is 0 Å². The maximum absolute atomic E-state index is 14.5. The Morgan fingerprint density at radius 3 is 2.12 bits per heavy atom. The van der Waals surface area contributed by atoms with Gasteiger partial charge in [-0.2, -0.15) is 4.39 Å². The number of nitrogens with zero attached hydrogens (tertiary/aromatic N) is 1. The van der Waals surface area contributed by atoms with Crippen molar-refractivity contribution in [1.29, 1.82) is 0 Å². The minimum atomic E-state index is -5.11. The molecule has 1 aliphatic rings. The highest BCUT2D eigenvalue weighted by molar-refractivity contribution is 7.46. The zero-order chi connectivity index (χ0) is 30.8. The third kappa shape index (κ3) is 8.07. The summed E-state index contributed by atoms with van der Waals surface area (Å²) in [7, 11) is -5.11. The number of esters is 3. The van der Waals surface area contributed by atoms with Crippen molar-refractivity contribution in [1.82, 2.24) is 9.55 Å². The first-order valence-corrected chi connectivity index (χ1v) is 13.5. The molecule has 1 fully saturated rings. The quantitative estimate of drug-likeness (QED) is 0.202. The summed E-state index contributed by atoms with van der Waals surface area (Å²) in [5, 5.41) is 0. The van der Waals surface area contributed by atoms with Crippen molar-refractivity contribution in [3.63, 3.8) is 0 Å². The second-order valence-corrected chi connectivity index (χ2v) is 12.5. The lowest BCUT2D eigenvalue weighted by Crippen LogP contribution is -2.54. The Kier molecular flexibility index (Phi) is 9.91. The lowest BCUT2D eigenvalue weighted by Gasteiger charge is -2.36. The van der Waals surface area contributed by atoms with E-state index >= 15 is 0 Å². The van der Waals surface area contributed by atoms with Crippen LogP contribution in [0.4, 0.5) is 4.39 Å². The number of aromatic amines is 1. The zero-order valence-electron chi connectivity index (χ0n) is 23.1. The fourth-order valence-electron chi connectivity index (χ4n) is 3.75. The maximum Gasteiger partial charge on any atom is 0.469 e. The van der Waals surface area contributed by atoms with E-state index in [1.54, 1.807) is 25.8 Å². The lowest BCUT2D eigenvalue weighted by molar-refractivity contribution is -0.193. The Labute approximate surface area is 228 Å². The Morgan fingerprint density at radius 2 is 1.62 bits per heavy atom. The van der Waals surface area contributed by atoms with Crippen molar-refractivity contribution in [2.75, 3.05) is 19.8 Å². The van der Waals surface area contributed by atoms with Crippen LogP contribution in [0.3, 0.4) is 0 Å². The molecule has 0 unspecified atom stereocenters. The van der Waals surface area contributed by atoms with E-state index in [4.69, 9.17) is 18.9 Å². The third-order valence-electron chi connectivity index (χ3n) is 5.74. The topological polar surface area (TPSA) is 210 Å². The largest absolute Gasteiger partial charge is 0.469 e. The van der Waals surface area contributed by atoms with Crippen LogP contribution in [0.1, 0.15) is 48.5 Å². The molecule has 1 saturated heterocycles. The summed E-state index contributed by atoms with van der Waals surface area (Å²) in [5.41, 5.74) is -7.07. The van der Waals surface area contributed by atoms with E-state index in [2.05, 4.69) is 4.52 Å². The monoisotopic (exact) mass is 596 g/mol. The molecule has 0 aromatic carbocycles. The van der Waals surface area contributed by atoms with Crippen molar-refractivity contribution in [2.24, 2.45) is 16.7 Å². The molecule has 1 aromatic heterocycles. The van der Waals surface area contributed by atoms with Crippen molar-refractivity contribution in [3.8, 4) is 0 Å². The first-order valence-electron chi connectivity index (χ1n) is 12.0. The normalized spacial score (nSPS) is 23.5. The van der Waals surface area contributed by atoms with Gasteiger partial charge < -0.3 is 28.7 Å². The summed E-state index contributed by atoms with van der Waals surface area (Å²) in [6.07, 6.45) is -2.67. The number of nitrogens with one attached hydrogen (secondary N) is 1. The van der Waals surface area contributed by atoms with Crippen LogP contribution in [-0.2, 0) is 48.1 Å². The fraction of sp³-hybridized carbons (Fsp3) is 0.696. The first-order chi connectivity index (χ1) is 18.1. The smallest absolute Gasteiger partial charge is 0.465 e. The van der Waals surface area contributed by atoms with Gasteiger partial charge in [-0.05, 0) is 41.5 Å².